The van der Waals surface area contributed by atoms with Gasteiger partial charge in [-0.15, -0.1) is 0 Å². The lowest BCUT2D eigenvalue weighted by molar-refractivity contribution is 0.121. The highest BCUT2D eigenvalue weighted by Gasteiger charge is 2.31. The average Bonchev–Trinajstić information content (AvgIpc) is 3.30. The molecule has 2 aliphatic rings. The molecule has 0 amide bonds. The van der Waals surface area contributed by atoms with E-state index in [1.54, 1.807) is 0 Å². The molecule has 108 valence electrons. The Hall–Kier alpha value is -1.83. The summed E-state index contributed by atoms with van der Waals surface area (Å²) >= 11 is 0. The Labute approximate surface area is 125 Å². The smallest absolute Gasteiger partial charge is 0.102 e. The van der Waals surface area contributed by atoms with Gasteiger partial charge in [0.05, 0.1) is 11.1 Å². The number of nitriles is 1. The number of pyridine rings is 1. The van der Waals surface area contributed by atoms with Gasteiger partial charge in [-0.25, -0.2) is 0 Å². The van der Waals surface area contributed by atoms with Crippen LogP contribution in [0.2, 0.25) is 0 Å². The summed E-state index contributed by atoms with van der Waals surface area (Å²) in [5, 5.41) is 9.47. The largest absolute Gasteiger partial charge is 0.322 e. The van der Waals surface area contributed by atoms with Gasteiger partial charge in [0, 0.05) is 56.7 Å². The van der Waals surface area contributed by atoms with Crippen LogP contribution >= 0.6 is 0 Å². The SMILES string of the molecule is N#Cc1c(CN2CCN(C3CC3)CC2)cn2ccccc12. The monoisotopic (exact) mass is 280 g/mol. The number of nitrogens with zero attached hydrogens (tertiary/aromatic N) is 4. The first-order chi connectivity index (χ1) is 10.3. The third-order valence-corrected chi connectivity index (χ3v) is 4.74. The Morgan fingerprint density at radius 2 is 1.95 bits per heavy atom. The predicted octanol–water partition coefficient (Wildman–Crippen LogP) is 2.09. The molecule has 0 unspecified atom stereocenters. The van der Waals surface area contributed by atoms with Crippen molar-refractivity contribution in [2.24, 2.45) is 0 Å². The van der Waals surface area contributed by atoms with E-state index in [0.717, 1.165) is 42.3 Å². The lowest BCUT2D eigenvalue weighted by atomic mass is 10.1. The lowest BCUT2D eigenvalue weighted by Gasteiger charge is -2.34. The molecule has 1 saturated carbocycles. The first kappa shape index (κ1) is 12.9. The Bertz CT molecular complexity index is 684. The van der Waals surface area contributed by atoms with Gasteiger partial charge in [-0.3, -0.25) is 9.80 Å². The number of piperazine rings is 1. The molecule has 0 bridgehead atoms. The van der Waals surface area contributed by atoms with Gasteiger partial charge in [-0.1, -0.05) is 6.07 Å². The van der Waals surface area contributed by atoms with Crippen molar-refractivity contribution in [1.82, 2.24) is 14.2 Å². The number of fused-ring (bicyclic) bond motifs is 1. The van der Waals surface area contributed by atoms with E-state index >= 15 is 0 Å². The molecule has 2 aromatic heterocycles. The third-order valence-electron chi connectivity index (χ3n) is 4.74. The van der Waals surface area contributed by atoms with Gasteiger partial charge >= 0.3 is 0 Å². The summed E-state index contributed by atoms with van der Waals surface area (Å²) in [7, 11) is 0. The van der Waals surface area contributed by atoms with Gasteiger partial charge in [-0.05, 0) is 25.0 Å². The molecule has 0 radical (unpaired) electrons. The molecule has 1 saturated heterocycles. The van der Waals surface area contributed by atoms with Crippen molar-refractivity contribution < 1.29 is 0 Å². The van der Waals surface area contributed by atoms with E-state index in [4.69, 9.17) is 0 Å². The van der Waals surface area contributed by atoms with Crippen LogP contribution < -0.4 is 0 Å². The molecule has 1 aliphatic heterocycles. The van der Waals surface area contributed by atoms with Crippen LogP contribution in [0.25, 0.3) is 5.52 Å². The normalized spacial score (nSPS) is 20.7. The molecular formula is C17H20N4. The molecule has 3 heterocycles. The van der Waals surface area contributed by atoms with E-state index in [1.807, 2.05) is 24.4 Å². The van der Waals surface area contributed by atoms with Crippen molar-refractivity contribution >= 4 is 5.52 Å². The van der Waals surface area contributed by atoms with E-state index in [9.17, 15) is 5.26 Å². The minimum absolute atomic E-state index is 0.834. The highest BCUT2D eigenvalue weighted by atomic mass is 15.3. The molecule has 4 heteroatoms. The zero-order valence-corrected chi connectivity index (χ0v) is 12.2. The minimum atomic E-state index is 0.834. The van der Waals surface area contributed by atoms with Crippen molar-refractivity contribution in [3.05, 3.63) is 41.7 Å². The average molecular weight is 280 g/mol. The summed E-state index contributed by atoms with van der Waals surface area (Å²) in [5.41, 5.74) is 3.01. The number of rotatable bonds is 3. The fourth-order valence-corrected chi connectivity index (χ4v) is 3.39. The second kappa shape index (κ2) is 5.18. The summed E-state index contributed by atoms with van der Waals surface area (Å²) in [4.78, 5) is 5.10. The molecule has 2 fully saturated rings. The van der Waals surface area contributed by atoms with Crippen LogP contribution in [0.3, 0.4) is 0 Å². The van der Waals surface area contributed by atoms with Crippen LogP contribution in [0.4, 0.5) is 0 Å². The van der Waals surface area contributed by atoms with E-state index in [-0.39, 0.29) is 0 Å². The molecular weight excluding hydrogens is 260 g/mol. The summed E-state index contributed by atoms with van der Waals surface area (Å²) < 4.78 is 2.06. The molecule has 0 atom stereocenters. The molecule has 1 aliphatic carbocycles. The van der Waals surface area contributed by atoms with E-state index in [0.29, 0.717) is 0 Å². The fourth-order valence-electron chi connectivity index (χ4n) is 3.39. The number of hydrogen-bond acceptors (Lipinski definition) is 3. The van der Waals surface area contributed by atoms with Gasteiger partial charge in [0.2, 0.25) is 0 Å². The van der Waals surface area contributed by atoms with Crippen molar-refractivity contribution in [1.29, 1.82) is 5.26 Å². The summed E-state index contributed by atoms with van der Waals surface area (Å²) in [6.45, 7) is 5.49. The summed E-state index contributed by atoms with van der Waals surface area (Å²) in [5.74, 6) is 0. The maximum Gasteiger partial charge on any atom is 0.102 e. The highest BCUT2D eigenvalue weighted by molar-refractivity contribution is 5.65. The molecule has 21 heavy (non-hydrogen) atoms. The molecule has 0 N–H and O–H groups in total. The van der Waals surface area contributed by atoms with Crippen LogP contribution in [0.15, 0.2) is 30.6 Å². The van der Waals surface area contributed by atoms with Gasteiger partial charge in [0.15, 0.2) is 0 Å². The van der Waals surface area contributed by atoms with Gasteiger partial charge in [0.1, 0.15) is 6.07 Å². The maximum atomic E-state index is 9.47. The molecule has 4 rings (SSSR count). The second-order valence-electron chi connectivity index (χ2n) is 6.18. The van der Waals surface area contributed by atoms with Crippen molar-refractivity contribution in [2.45, 2.75) is 25.4 Å². The lowest BCUT2D eigenvalue weighted by Crippen LogP contribution is -2.46. The minimum Gasteiger partial charge on any atom is -0.322 e. The molecule has 0 spiro atoms. The van der Waals surface area contributed by atoms with E-state index in [2.05, 4.69) is 26.5 Å². The van der Waals surface area contributed by atoms with Crippen molar-refractivity contribution in [3.8, 4) is 6.07 Å². The van der Waals surface area contributed by atoms with Gasteiger partial charge in [-0.2, -0.15) is 5.26 Å². The van der Waals surface area contributed by atoms with Crippen LogP contribution in [-0.4, -0.2) is 46.4 Å². The topological polar surface area (TPSA) is 34.7 Å². The van der Waals surface area contributed by atoms with E-state index < -0.39 is 0 Å². The van der Waals surface area contributed by atoms with Crippen LogP contribution in [-0.2, 0) is 6.54 Å². The molecule has 0 aromatic carbocycles. The van der Waals surface area contributed by atoms with Crippen LogP contribution in [0.5, 0.6) is 0 Å². The summed E-state index contributed by atoms with van der Waals surface area (Å²) in [6, 6.07) is 9.28. The van der Waals surface area contributed by atoms with Crippen LogP contribution in [0.1, 0.15) is 24.0 Å². The first-order valence-electron chi connectivity index (χ1n) is 7.80. The number of aromatic nitrogens is 1. The Kier molecular flexibility index (Phi) is 3.17. The maximum absolute atomic E-state index is 9.47. The molecule has 2 aromatic rings. The first-order valence-corrected chi connectivity index (χ1v) is 7.80. The third kappa shape index (κ3) is 2.44. The fraction of sp³-hybridized carbons (Fsp3) is 0.471. The zero-order valence-electron chi connectivity index (χ0n) is 12.2. The molecule has 4 nitrogen and oxygen atoms in total. The zero-order chi connectivity index (χ0) is 14.2. The highest BCUT2D eigenvalue weighted by Crippen LogP contribution is 2.28. The summed E-state index contributed by atoms with van der Waals surface area (Å²) in [6.07, 6.45) is 6.92. The number of hydrogen-bond donors (Lipinski definition) is 0. The predicted molar refractivity (Wildman–Crippen MR) is 82.0 cm³/mol. The van der Waals surface area contributed by atoms with E-state index in [1.165, 1.54) is 25.9 Å². The van der Waals surface area contributed by atoms with Gasteiger partial charge in [0.25, 0.3) is 0 Å². The van der Waals surface area contributed by atoms with Crippen molar-refractivity contribution in [2.75, 3.05) is 26.2 Å². The standard InChI is InChI=1S/C17H20N4/c18-11-16-14(13-21-6-2-1-3-17(16)21)12-19-7-9-20(10-8-19)15-4-5-15/h1-3,6,13,15H,4-5,7-10,12H2. The van der Waals surface area contributed by atoms with Crippen LogP contribution in [0, 0.1) is 11.3 Å². The van der Waals surface area contributed by atoms with Crippen molar-refractivity contribution in [3.63, 3.8) is 0 Å². The Morgan fingerprint density at radius 3 is 2.67 bits per heavy atom. The Morgan fingerprint density at radius 1 is 1.14 bits per heavy atom. The Balaban J connectivity index is 1.51. The quantitative estimate of drug-likeness (QED) is 0.863. The second-order valence-corrected chi connectivity index (χ2v) is 6.18. The van der Waals surface area contributed by atoms with Gasteiger partial charge < -0.3 is 4.40 Å².